The first-order valence-electron chi connectivity index (χ1n) is 8.76. The fourth-order valence-corrected chi connectivity index (χ4v) is 5.73. The predicted octanol–water partition coefficient (Wildman–Crippen LogP) is 3.23. The molecule has 1 saturated carbocycles. The van der Waals surface area contributed by atoms with Crippen LogP contribution in [0.1, 0.15) is 44.1 Å². The summed E-state index contributed by atoms with van der Waals surface area (Å²) in [6.45, 7) is 0.367. The van der Waals surface area contributed by atoms with E-state index >= 15 is 0 Å². The van der Waals surface area contributed by atoms with Gasteiger partial charge >= 0.3 is 0 Å². The van der Waals surface area contributed by atoms with E-state index in [4.69, 9.17) is 11.6 Å². The van der Waals surface area contributed by atoms with Gasteiger partial charge in [-0.1, -0.05) is 36.6 Å². The first-order valence-corrected chi connectivity index (χ1v) is 11.0. The van der Waals surface area contributed by atoms with Crippen LogP contribution in [0, 0.1) is 11.7 Å². The molecule has 1 saturated heterocycles. The molecule has 1 aromatic carbocycles. The van der Waals surface area contributed by atoms with Crippen molar-refractivity contribution in [3.8, 4) is 0 Å². The van der Waals surface area contributed by atoms with Crippen molar-refractivity contribution in [1.82, 2.24) is 5.32 Å². The topological polar surface area (TPSA) is 63.2 Å². The van der Waals surface area contributed by atoms with Crippen LogP contribution in [0.4, 0.5) is 4.39 Å². The molecule has 0 radical (unpaired) electrons. The lowest BCUT2D eigenvalue weighted by molar-refractivity contribution is -0.125. The zero-order valence-electron chi connectivity index (χ0n) is 14.1. The molecule has 1 aliphatic heterocycles. The molecule has 4 nitrogen and oxygen atoms in total. The average Bonchev–Trinajstić information content (AvgIpc) is 3.05. The first kappa shape index (κ1) is 18.6. The highest BCUT2D eigenvalue weighted by Gasteiger charge is 2.39. The van der Waals surface area contributed by atoms with Crippen molar-refractivity contribution < 1.29 is 17.6 Å². The van der Waals surface area contributed by atoms with Crippen LogP contribution in [0.15, 0.2) is 18.2 Å². The SMILES string of the molecule is O=C(NCC1(c2cccc(Cl)c2F)CCCC1)C1CCS(=O)(=O)CC1. The van der Waals surface area contributed by atoms with E-state index in [0.29, 0.717) is 24.9 Å². The Morgan fingerprint density at radius 2 is 1.88 bits per heavy atom. The summed E-state index contributed by atoms with van der Waals surface area (Å²) in [5.41, 5.74) is 0.148. The summed E-state index contributed by atoms with van der Waals surface area (Å²) >= 11 is 5.95. The smallest absolute Gasteiger partial charge is 0.223 e. The molecule has 2 aliphatic rings. The summed E-state index contributed by atoms with van der Waals surface area (Å²) in [6.07, 6.45) is 4.33. The molecule has 1 aromatic rings. The highest BCUT2D eigenvalue weighted by Crippen LogP contribution is 2.42. The van der Waals surface area contributed by atoms with Gasteiger partial charge in [-0.25, -0.2) is 12.8 Å². The maximum absolute atomic E-state index is 14.6. The maximum atomic E-state index is 14.6. The van der Waals surface area contributed by atoms with E-state index in [1.807, 2.05) is 0 Å². The maximum Gasteiger partial charge on any atom is 0.223 e. The third-order valence-electron chi connectivity index (χ3n) is 5.61. The second-order valence-corrected chi connectivity index (χ2v) is 9.94. The zero-order valence-corrected chi connectivity index (χ0v) is 15.6. The fraction of sp³-hybridized carbons (Fsp3) is 0.611. The zero-order chi connectivity index (χ0) is 18.1. The minimum Gasteiger partial charge on any atom is -0.355 e. The lowest BCUT2D eigenvalue weighted by Crippen LogP contribution is -2.43. The van der Waals surface area contributed by atoms with Crippen LogP contribution in [0.25, 0.3) is 0 Å². The number of halogens is 2. The van der Waals surface area contributed by atoms with Crippen molar-refractivity contribution in [2.45, 2.75) is 43.9 Å². The minimum atomic E-state index is -2.99. The van der Waals surface area contributed by atoms with E-state index < -0.39 is 21.1 Å². The highest BCUT2D eigenvalue weighted by atomic mass is 35.5. The summed E-state index contributed by atoms with van der Waals surface area (Å²) in [5, 5.41) is 3.07. The Labute approximate surface area is 153 Å². The molecule has 2 fully saturated rings. The molecule has 0 bridgehead atoms. The summed E-state index contributed by atoms with van der Waals surface area (Å²) in [4.78, 5) is 12.5. The number of sulfone groups is 1. The van der Waals surface area contributed by atoms with Crippen molar-refractivity contribution in [2.75, 3.05) is 18.1 Å². The quantitative estimate of drug-likeness (QED) is 0.862. The van der Waals surface area contributed by atoms with E-state index in [9.17, 15) is 17.6 Å². The third kappa shape index (κ3) is 4.00. The number of amides is 1. The summed E-state index contributed by atoms with van der Waals surface area (Å²) < 4.78 is 37.6. The van der Waals surface area contributed by atoms with Gasteiger partial charge in [-0.15, -0.1) is 0 Å². The molecular weight excluding hydrogens is 365 g/mol. The van der Waals surface area contributed by atoms with Crippen molar-refractivity contribution >= 4 is 27.3 Å². The van der Waals surface area contributed by atoms with E-state index in [1.54, 1.807) is 12.1 Å². The van der Waals surface area contributed by atoms with Gasteiger partial charge < -0.3 is 5.32 Å². The molecule has 1 heterocycles. The number of benzene rings is 1. The fourth-order valence-electron chi connectivity index (χ4n) is 4.06. The Hall–Kier alpha value is -1.14. The number of nitrogens with one attached hydrogen (secondary N) is 1. The molecule has 25 heavy (non-hydrogen) atoms. The van der Waals surface area contributed by atoms with Crippen LogP contribution in [-0.2, 0) is 20.0 Å². The molecule has 0 atom stereocenters. The van der Waals surface area contributed by atoms with Gasteiger partial charge in [0.15, 0.2) is 0 Å². The van der Waals surface area contributed by atoms with Gasteiger partial charge in [0, 0.05) is 17.9 Å². The summed E-state index contributed by atoms with van der Waals surface area (Å²) in [6, 6.07) is 5.03. The van der Waals surface area contributed by atoms with Crippen molar-refractivity contribution in [1.29, 1.82) is 0 Å². The molecule has 0 aromatic heterocycles. The normalized spacial score (nSPS) is 22.6. The molecule has 0 spiro atoms. The number of carbonyl (C=O) groups is 1. The first-order chi connectivity index (χ1) is 11.8. The third-order valence-corrected chi connectivity index (χ3v) is 7.62. The Morgan fingerprint density at radius 3 is 2.52 bits per heavy atom. The van der Waals surface area contributed by atoms with Crippen molar-refractivity contribution in [2.24, 2.45) is 5.92 Å². The Morgan fingerprint density at radius 1 is 1.24 bits per heavy atom. The molecule has 3 rings (SSSR count). The predicted molar refractivity (Wildman–Crippen MR) is 95.9 cm³/mol. The molecule has 1 aliphatic carbocycles. The van der Waals surface area contributed by atoms with Gasteiger partial charge in [-0.2, -0.15) is 0 Å². The van der Waals surface area contributed by atoms with Gasteiger partial charge in [0.05, 0.1) is 16.5 Å². The molecular formula is C18H23ClFNO3S. The van der Waals surface area contributed by atoms with Crippen LogP contribution in [-0.4, -0.2) is 32.4 Å². The van der Waals surface area contributed by atoms with Crippen LogP contribution < -0.4 is 5.32 Å². The van der Waals surface area contributed by atoms with Gasteiger partial charge in [-0.05, 0) is 37.3 Å². The van der Waals surface area contributed by atoms with Gasteiger partial charge in [-0.3, -0.25) is 4.79 Å². The second kappa shape index (κ2) is 7.23. The Bertz CT molecular complexity index is 746. The number of hydrogen-bond acceptors (Lipinski definition) is 3. The highest BCUT2D eigenvalue weighted by molar-refractivity contribution is 7.91. The standard InChI is InChI=1S/C18H23ClFNO3S/c19-15-5-3-4-14(16(15)20)18(8-1-2-9-18)12-21-17(22)13-6-10-25(23,24)11-7-13/h3-5,13H,1-2,6-12H2,(H,21,22). The second-order valence-electron chi connectivity index (χ2n) is 7.23. The molecule has 0 unspecified atom stereocenters. The largest absolute Gasteiger partial charge is 0.355 e. The molecule has 1 N–H and O–H groups in total. The summed E-state index contributed by atoms with van der Waals surface area (Å²) in [5.74, 6) is -0.656. The van der Waals surface area contributed by atoms with Gasteiger partial charge in [0.2, 0.25) is 5.91 Å². The van der Waals surface area contributed by atoms with E-state index in [-0.39, 0.29) is 28.4 Å². The number of carbonyl (C=O) groups excluding carboxylic acids is 1. The van der Waals surface area contributed by atoms with Gasteiger partial charge in [0.25, 0.3) is 0 Å². The lowest BCUT2D eigenvalue weighted by Gasteiger charge is -2.31. The van der Waals surface area contributed by atoms with Crippen molar-refractivity contribution in [3.05, 3.63) is 34.6 Å². The number of hydrogen-bond donors (Lipinski definition) is 1. The van der Waals surface area contributed by atoms with Gasteiger partial charge in [0.1, 0.15) is 15.7 Å². The monoisotopic (exact) mass is 387 g/mol. The molecule has 138 valence electrons. The Balaban J connectivity index is 1.71. The van der Waals surface area contributed by atoms with Crippen LogP contribution in [0.3, 0.4) is 0 Å². The summed E-state index contributed by atoms with van der Waals surface area (Å²) in [7, 11) is -2.99. The molecule has 7 heteroatoms. The lowest BCUT2D eigenvalue weighted by atomic mass is 9.78. The Kier molecular flexibility index (Phi) is 5.40. The minimum absolute atomic E-state index is 0.0686. The van der Waals surface area contributed by atoms with E-state index in [0.717, 1.165) is 25.7 Å². The average molecular weight is 388 g/mol. The van der Waals surface area contributed by atoms with E-state index in [2.05, 4.69) is 5.32 Å². The van der Waals surface area contributed by atoms with Crippen LogP contribution in [0.2, 0.25) is 5.02 Å². The van der Waals surface area contributed by atoms with Crippen LogP contribution in [0.5, 0.6) is 0 Å². The van der Waals surface area contributed by atoms with Crippen molar-refractivity contribution in [3.63, 3.8) is 0 Å². The number of rotatable bonds is 4. The van der Waals surface area contributed by atoms with Crippen LogP contribution >= 0.6 is 11.6 Å². The van der Waals surface area contributed by atoms with E-state index in [1.165, 1.54) is 6.07 Å². The molecule has 1 amide bonds.